The summed E-state index contributed by atoms with van der Waals surface area (Å²) in [4.78, 5) is 28.6. The van der Waals surface area contributed by atoms with Gasteiger partial charge >= 0.3 is 0 Å². The van der Waals surface area contributed by atoms with Crippen molar-refractivity contribution in [3.05, 3.63) is 53.3 Å². The molecule has 2 amide bonds. The number of carbonyl (C=O) groups is 2. The van der Waals surface area contributed by atoms with Crippen molar-refractivity contribution in [2.45, 2.75) is 0 Å². The Kier molecular flexibility index (Phi) is 7.08. The van der Waals surface area contributed by atoms with Crippen LogP contribution in [-0.4, -0.2) is 70.8 Å². The summed E-state index contributed by atoms with van der Waals surface area (Å²) >= 11 is -2.28. The number of rotatable bonds is 6. The minimum atomic E-state index is -2.28. The van der Waals surface area contributed by atoms with Gasteiger partial charge in [-0.1, -0.05) is 6.07 Å². The standard InChI is InChI=1S/C20H22FN3O6S/c1-29-16-5-3-4-14(18(16)21)20(26)24-10-8-23(9-11-24)19(25)13-6-7-15(22-31(27)28)17(12-13)30-2/h3-7,12,22H,8-11H2,1-2H3,(H,27,28). The molecule has 2 aromatic carbocycles. The van der Waals surface area contributed by atoms with Crippen LogP contribution in [0, 0.1) is 5.82 Å². The Morgan fingerprint density at radius 3 is 2.19 bits per heavy atom. The Hall–Kier alpha value is -3.18. The first-order valence-corrected chi connectivity index (χ1v) is 10.4. The number of carbonyl (C=O) groups excluding carboxylic acids is 2. The van der Waals surface area contributed by atoms with Crippen molar-refractivity contribution < 1.29 is 32.2 Å². The first-order chi connectivity index (χ1) is 14.8. The molecule has 1 aliphatic rings. The van der Waals surface area contributed by atoms with E-state index in [9.17, 15) is 18.2 Å². The number of hydrogen-bond acceptors (Lipinski definition) is 5. The van der Waals surface area contributed by atoms with Crippen LogP contribution in [0.2, 0.25) is 0 Å². The molecule has 11 heteroatoms. The summed E-state index contributed by atoms with van der Waals surface area (Å²) in [6, 6.07) is 8.86. The zero-order chi connectivity index (χ0) is 22.5. The maximum Gasteiger partial charge on any atom is 0.259 e. The number of hydrogen-bond donors (Lipinski definition) is 2. The zero-order valence-corrected chi connectivity index (χ0v) is 17.8. The smallest absolute Gasteiger partial charge is 0.259 e. The van der Waals surface area contributed by atoms with E-state index in [4.69, 9.17) is 14.0 Å². The molecule has 1 fully saturated rings. The first kappa shape index (κ1) is 22.5. The maximum atomic E-state index is 14.4. The third-order valence-electron chi connectivity index (χ3n) is 4.91. The zero-order valence-electron chi connectivity index (χ0n) is 17.0. The summed E-state index contributed by atoms with van der Waals surface area (Å²) in [5, 5.41) is 0. The summed E-state index contributed by atoms with van der Waals surface area (Å²) in [5.74, 6) is -1.20. The predicted molar refractivity (Wildman–Crippen MR) is 112 cm³/mol. The molecule has 31 heavy (non-hydrogen) atoms. The summed E-state index contributed by atoms with van der Waals surface area (Å²) < 4.78 is 46.7. The number of benzene rings is 2. The van der Waals surface area contributed by atoms with Gasteiger partial charge in [0, 0.05) is 31.7 Å². The minimum absolute atomic E-state index is 0.00317. The Morgan fingerprint density at radius 1 is 1.00 bits per heavy atom. The lowest BCUT2D eigenvalue weighted by molar-refractivity contribution is 0.0532. The number of piperazine rings is 1. The summed E-state index contributed by atoms with van der Waals surface area (Å²) in [6.45, 7) is 1.06. The minimum Gasteiger partial charge on any atom is -0.495 e. The number of methoxy groups -OCH3 is 2. The largest absolute Gasteiger partial charge is 0.495 e. The lowest BCUT2D eigenvalue weighted by Crippen LogP contribution is -2.50. The molecule has 1 atom stereocenters. The van der Waals surface area contributed by atoms with Crippen LogP contribution in [0.5, 0.6) is 11.5 Å². The van der Waals surface area contributed by atoms with Crippen molar-refractivity contribution in [2.75, 3.05) is 45.1 Å². The van der Waals surface area contributed by atoms with Gasteiger partial charge in [-0.2, -0.15) is 0 Å². The van der Waals surface area contributed by atoms with Crippen LogP contribution in [0.1, 0.15) is 20.7 Å². The van der Waals surface area contributed by atoms with Gasteiger partial charge in [-0.15, -0.1) is 0 Å². The van der Waals surface area contributed by atoms with Crippen molar-refractivity contribution in [3.8, 4) is 11.5 Å². The number of nitrogens with one attached hydrogen (secondary N) is 1. The molecule has 1 heterocycles. The van der Waals surface area contributed by atoms with E-state index in [0.717, 1.165) is 0 Å². The molecule has 9 nitrogen and oxygen atoms in total. The van der Waals surface area contributed by atoms with Gasteiger partial charge in [0.05, 0.1) is 25.5 Å². The average Bonchev–Trinajstić information content (AvgIpc) is 2.78. The van der Waals surface area contributed by atoms with Gasteiger partial charge in [0.1, 0.15) is 5.75 Å². The third-order valence-corrected chi connectivity index (χ3v) is 5.31. The Morgan fingerprint density at radius 2 is 1.61 bits per heavy atom. The highest BCUT2D eigenvalue weighted by Gasteiger charge is 2.28. The molecule has 0 bridgehead atoms. The van der Waals surface area contributed by atoms with Gasteiger partial charge in [-0.25, -0.2) is 8.60 Å². The molecule has 1 saturated heterocycles. The highest BCUT2D eigenvalue weighted by molar-refractivity contribution is 7.80. The molecule has 166 valence electrons. The van der Waals surface area contributed by atoms with Crippen LogP contribution in [0.25, 0.3) is 0 Å². The molecular weight excluding hydrogens is 429 g/mol. The van der Waals surface area contributed by atoms with E-state index in [2.05, 4.69) is 4.72 Å². The molecule has 0 spiro atoms. The molecule has 2 aromatic rings. The quantitative estimate of drug-likeness (QED) is 0.651. The fraction of sp³-hybridized carbons (Fsp3) is 0.300. The van der Waals surface area contributed by atoms with E-state index in [1.807, 2.05) is 0 Å². The van der Waals surface area contributed by atoms with E-state index in [-0.39, 0.29) is 54.8 Å². The lowest BCUT2D eigenvalue weighted by atomic mass is 10.1. The Labute approximate surface area is 181 Å². The summed E-state index contributed by atoms with van der Waals surface area (Å²) in [6.07, 6.45) is 0. The van der Waals surface area contributed by atoms with Crippen LogP contribution in [0.15, 0.2) is 36.4 Å². The maximum absolute atomic E-state index is 14.4. The van der Waals surface area contributed by atoms with Gasteiger partial charge in [0.2, 0.25) is 0 Å². The highest BCUT2D eigenvalue weighted by Crippen LogP contribution is 2.27. The van der Waals surface area contributed by atoms with Crippen LogP contribution in [0.3, 0.4) is 0 Å². The molecule has 1 unspecified atom stereocenters. The van der Waals surface area contributed by atoms with E-state index in [1.54, 1.807) is 11.0 Å². The van der Waals surface area contributed by atoms with E-state index in [0.29, 0.717) is 5.56 Å². The Bertz CT molecular complexity index is 1010. The predicted octanol–water partition coefficient (Wildman–Crippen LogP) is 1.99. The number of amides is 2. The monoisotopic (exact) mass is 451 g/mol. The van der Waals surface area contributed by atoms with E-state index in [1.165, 1.54) is 49.5 Å². The number of nitrogens with zero attached hydrogens (tertiary/aromatic N) is 2. The van der Waals surface area contributed by atoms with E-state index >= 15 is 0 Å². The lowest BCUT2D eigenvalue weighted by Gasteiger charge is -2.35. The first-order valence-electron chi connectivity index (χ1n) is 9.32. The summed E-state index contributed by atoms with van der Waals surface area (Å²) in [7, 11) is 2.72. The van der Waals surface area contributed by atoms with Crippen molar-refractivity contribution >= 4 is 28.8 Å². The second-order valence-corrected chi connectivity index (χ2v) is 7.37. The molecule has 0 saturated carbocycles. The van der Waals surface area contributed by atoms with Crippen molar-refractivity contribution in [2.24, 2.45) is 0 Å². The SMILES string of the molecule is COc1cc(C(=O)N2CCN(C(=O)c3cccc(OC)c3F)CC2)ccc1NS(=O)O. The van der Waals surface area contributed by atoms with Crippen molar-refractivity contribution in [1.29, 1.82) is 0 Å². The normalized spacial score (nSPS) is 14.7. The second kappa shape index (κ2) is 9.75. The highest BCUT2D eigenvalue weighted by atomic mass is 32.2. The topological polar surface area (TPSA) is 108 Å². The number of halogens is 1. The fourth-order valence-electron chi connectivity index (χ4n) is 3.30. The van der Waals surface area contributed by atoms with Crippen LogP contribution in [-0.2, 0) is 11.3 Å². The molecule has 2 N–H and O–H groups in total. The molecule has 0 aromatic heterocycles. The number of ether oxygens (including phenoxy) is 2. The fourth-order valence-corrected chi connectivity index (χ4v) is 3.66. The number of anilines is 1. The summed E-state index contributed by atoms with van der Waals surface area (Å²) in [5.41, 5.74) is 0.536. The Balaban J connectivity index is 1.67. The van der Waals surface area contributed by atoms with Crippen molar-refractivity contribution in [3.63, 3.8) is 0 Å². The van der Waals surface area contributed by atoms with Gasteiger partial charge in [0.25, 0.3) is 23.1 Å². The van der Waals surface area contributed by atoms with Gasteiger partial charge < -0.3 is 19.3 Å². The average molecular weight is 451 g/mol. The van der Waals surface area contributed by atoms with Gasteiger partial charge in [-0.05, 0) is 30.3 Å². The molecule has 0 aliphatic carbocycles. The van der Waals surface area contributed by atoms with E-state index < -0.39 is 23.0 Å². The molecule has 1 aliphatic heterocycles. The molecule has 0 radical (unpaired) electrons. The van der Waals surface area contributed by atoms with Crippen LogP contribution in [0.4, 0.5) is 10.1 Å². The van der Waals surface area contributed by atoms with Gasteiger partial charge in [0.15, 0.2) is 11.6 Å². The van der Waals surface area contributed by atoms with Crippen LogP contribution < -0.4 is 14.2 Å². The van der Waals surface area contributed by atoms with Crippen molar-refractivity contribution in [1.82, 2.24) is 9.80 Å². The molecular formula is C20H22FN3O6S. The third kappa shape index (κ3) is 4.94. The second-order valence-electron chi connectivity index (χ2n) is 6.67. The van der Waals surface area contributed by atoms with Gasteiger partial charge in [-0.3, -0.25) is 18.9 Å². The molecule has 3 rings (SSSR count). The van der Waals surface area contributed by atoms with Crippen LogP contribution >= 0.6 is 0 Å².